The number of carbonyl (C=O) groups excluding carboxylic acids is 1. The van der Waals surface area contributed by atoms with E-state index >= 15 is 0 Å². The molecule has 4 aromatic rings. The van der Waals surface area contributed by atoms with E-state index in [4.69, 9.17) is 27.9 Å². The summed E-state index contributed by atoms with van der Waals surface area (Å²) in [6.07, 6.45) is 1.46. The van der Waals surface area contributed by atoms with Gasteiger partial charge in [0, 0.05) is 10.0 Å². The summed E-state index contributed by atoms with van der Waals surface area (Å²) < 4.78 is 33.6. The second-order valence-electron chi connectivity index (χ2n) is 8.58. The Hall–Kier alpha value is -3.85. The molecule has 0 heterocycles. The molecule has 0 atom stereocenters. The number of aryl methyl sites for hydroxylation is 1. The number of rotatable bonds is 10. The minimum absolute atomic E-state index is 0.0581. The maximum absolute atomic E-state index is 13.4. The molecule has 0 saturated heterocycles. The number of amides is 1. The van der Waals surface area contributed by atoms with E-state index in [0.717, 1.165) is 15.4 Å². The van der Waals surface area contributed by atoms with Crippen molar-refractivity contribution in [3.63, 3.8) is 0 Å². The Bertz CT molecular complexity index is 1560. The first-order valence-corrected chi connectivity index (χ1v) is 14.0. The standard InChI is InChI=1S/C29H25Cl2N3O4S/c1-21-5-15-28(16-6-21)39(36,37)34(26-4-2-3-25(31)17-26)19-29(35)33-32-18-22-9-13-27(14-10-22)38-20-23-7-11-24(30)12-8-23/h2-18H,19-20H2,1H3,(H,33,35)/b32-18-. The lowest BCUT2D eigenvalue weighted by Crippen LogP contribution is -2.39. The largest absolute Gasteiger partial charge is 0.489 e. The summed E-state index contributed by atoms with van der Waals surface area (Å²) in [4.78, 5) is 12.8. The number of sulfonamides is 1. The zero-order valence-corrected chi connectivity index (χ0v) is 23.2. The van der Waals surface area contributed by atoms with Gasteiger partial charge in [0.05, 0.1) is 16.8 Å². The molecule has 4 rings (SSSR count). The van der Waals surface area contributed by atoms with E-state index in [1.165, 1.54) is 24.4 Å². The Balaban J connectivity index is 1.40. The molecule has 39 heavy (non-hydrogen) atoms. The van der Waals surface area contributed by atoms with Crippen LogP contribution in [0.2, 0.25) is 10.0 Å². The van der Waals surface area contributed by atoms with Crippen LogP contribution in [0.4, 0.5) is 5.69 Å². The van der Waals surface area contributed by atoms with Crippen LogP contribution in [0.5, 0.6) is 5.75 Å². The monoisotopic (exact) mass is 581 g/mol. The number of benzene rings is 4. The van der Waals surface area contributed by atoms with Gasteiger partial charge in [-0.15, -0.1) is 0 Å². The van der Waals surface area contributed by atoms with Gasteiger partial charge in [0.15, 0.2) is 0 Å². The lowest BCUT2D eigenvalue weighted by molar-refractivity contribution is -0.119. The molecule has 0 aliphatic rings. The molecule has 0 fully saturated rings. The van der Waals surface area contributed by atoms with Crippen molar-refractivity contribution in [2.75, 3.05) is 10.8 Å². The number of ether oxygens (including phenoxy) is 1. The molecule has 200 valence electrons. The first kappa shape index (κ1) is 28.2. The maximum atomic E-state index is 13.4. The highest BCUT2D eigenvalue weighted by atomic mass is 35.5. The van der Waals surface area contributed by atoms with Crippen LogP contribution in [0.3, 0.4) is 0 Å². The van der Waals surface area contributed by atoms with Crippen molar-refractivity contribution in [2.24, 2.45) is 5.10 Å². The Morgan fingerprint density at radius 2 is 1.62 bits per heavy atom. The van der Waals surface area contributed by atoms with Gasteiger partial charge in [-0.3, -0.25) is 9.10 Å². The van der Waals surface area contributed by atoms with Crippen molar-refractivity contribution in [1.82, 2.24) is 5.43 Å². The Morgan fingerprint density at radius 3 is 2.28 bits per heavy atom. The van der Waals surface area contributed by atoms with Crippen LogP contribution in [0, 0.1) is 6.92 Å². The third-order valence-electron chi connectivity index (χ3n) is 5.59. The molecular formula is C29H25Cl2N3O4S. The van der Waals surface area contributed by atoms with Gasteiger partial charge >= 0.3 is 0 Å². The summed E-state index contributed by atoms with van der Waals surface area (Å²) in [5.41, 5.74) is 5.27. The Morgan fingerprint density at radius 1 is 0.923 bits per heavy atom. The Kier molecular flexibility index (Phi) is 9.24. The van der Waals surface area contributed by atoms with Crippen LogP contribution in [0.1, 0.15) is 16.7 Å². The Labute approximate surface area is 237 Å². The molecular weight excluding hydrogens is 557 g/mol. The third kappa shape index (κ3) is 7.83. The molecule has 0 bridgehead atoms. The quantitative estimate of drug-likeness (QED) is 0.178. The number of hydrogen-bond donors (Lipinski definition) is 1. The van der Waals surface area contributed by atoms with Gasteiger partial charge in [-0.25, -0.2) is 13.8 Å². The fourth-order valence-electron chi connectivity index (χ4n) is 3.53. The highest BCUT2D eigenvalue weighted by molar-refractivity contribution is 7.92. The zero-order valence-electron chi connectivity index (χ0n) is 20.9. The van der Waals surface area contributed by atoms with Gasteiger partial charge in [0.2, 0.25) is 0 Å². The highest BCUT2D eigenvalue weighted by Crippen LogP contribution is 2.26. The van der Waals surface area contributed by atoms with Crippen molar-refractivity contribution in [2.45, 2.75) is 18.4 Å². The van der Waals surface area contributed by atoms with Crippen LogP contribution >= 0.6 is 23.2 Å². The summed E-state index contributed by atoms with van der Waals surface area (Å²) in [5, 5.41) is 4.99. The van der Waals surface area contributed by atoms with Gasteiger partial charge in [-0.05, 0) is 84.8 Å². The summed E-state index contributed by atoms with van der Waals surface area (Å²) >= 11 is 12.0. The van der Waals surface area contributed by atoms with Crippen LogP contribution in [-0.4, -0.2) is 27.1 Å². The fourth-order valence-corrected chi connectivity index (χ4v) is 5.25. The predicted octanol–water partition coefficient (Wildman–Crippen LogP) is 6.23. The molecule has 0 aromatic heterocycles. The molecule has 0 unspecified atom stereocenters. The zero-order chi connectivity index (χ0) is 27.8. The van der Waals surface area contributed by atoms with Gasteiger partial charge in [-0.1, -0.05) is 59.1 Å². The first-order valence-electron chi connectivity index (χ1n) is 11.8. The second-order valence-corrected chi connectivity index (χ2v) is 11.3. The average Bonchev–Trinajstić information content (AvgIpc) is 2.92. The molecule has 0 radical (unpaired) electrons. The van der Waals surface area contributed by atoms with E-state index in [9.17, 15) is 13.2 Å². The normalized spacial score (nSPS) is 11.4. The van der Waals surface area contributed by atoms with Crippen LogP contribution in [-0.2, 0) is 21.4 Å². The summed E-state index contributed by atoms with van der Waals surface area (Å²) in [5.74, 6) is 0.0504. The number of anilines is 1. The molecule has 0 aliphatic carbocycles. The molecule has 7 nitrogen and oxygen atoms in total. The number of nitrogens with one attached hydrogen (secondary N) is 1. The minimum Gasteiger partial charge on any atom is -0.489 e. The van der Waals surface area contributed by atoms with Gasteiger partial charge in [0.1, 0.15) is 18.9 Å². The number of nitrogens with zero attached hydrogens (tertiary/aromatic N) is 2. The molecule has 0 spiro atoms. The third-order valence-corrected chi connectivity index (χ3v) is 7.87. The predicted molar refractivity (Wildman–Crippen MR) is 155 cm³/mol. The molecule has 0 saturated carbocycles. The second kappa shape index (κ2) is 12.8. The van der Waals surface area contributed by atoms with E-state index in [1.807, 2.05) is 19.1 Å². The van der Waals surface area contributed by atoms with E-state index in [0.29, 0.717) is 28.0 Å². The van der Waals surface area contributed by atoms with Crippen LogP contribution < -0.4 is 14.5 Å². The van der Waals surface area contributed by atoms with Gasteiger partial charge < -0.3 is 4.74 Å². The van der Waals surface area contributed by atoms with Crippen molar-refractivity contribution >= 4 is 51.0 Å². The molecule has 1 N–H and O–H groups in total. The van der Waals surface area contributed by atoms with Crippen molar-refractivity contribution < 1.29 is 17.9 Å². The van der Waals surface area contributed by atoms with Crippen LogP contribution in [0.25, 0.3) is 0 Å². The van der Waals surface area contributed by atoms with E-state index < -0.39 is 22.5 Å². The van der Waals surface area contributed by atoms with Crippen molar-refractivity contribution in [3.05, 3.63) is 124 Å². The maximum Gasteiger partial charge on any atom is 0.264 e. The summed E-state index contributed by atoms with van der Waals surface area (Å²) in [7, 11) is -4.05. The fraction of sp³-hybridized carbons (Fsp3) is 0.103. The van der Waals surface area contributed by atoms with E-state index in [1.54, 1.807) is 66.7 Å². The minimum atomic E-state index is -4.05. The van der Waals surface area contributed by atoms with Gasteiger partial charge in [0.25, 0.3) is 15.9 Å². The SMILES string of the molecule is Cc1ccc(S(=O)(=O)N(CC(=O)N/N=C\c2ccc(OCc3ccc(Cl)cc3)cc2)c2cccc(Cl)c2)cc1. The first-order chi connectivity index (χ1) is 18.7. The van der Waals surface area contributed by atoms with Crippen molar-refractivity contribution in [3.8, 4) is 5.75 Å². The van der Waals surface area contributed by atoms with Crippen molar-refractivity contribution in [1.29, 1.82) is 0 Å². The van der Waals surface area contributed by atoms with Crippen LogP contribution in [0.15, 0.2) is 107 Å². The summed E-state index contributed by atoms with van der Waals surface area (Å²) in [6.45, 7) is 1.76. The van der Waals surface area contributed by atoms with Gasteiger partial charge in [-0.2, -0.15) is 5.10 Å². The lowest BCUT2D eigenvalue weighted by Gasteiger charge is -2.24. The molecule has 4 aromatic carbocycles. The molecule has 10 heteroatoms. The number of carbonyl (C=O) groups is 1. The summed E-state index contributed by atoms with van der Waals surface area (Å²) in [6, 6.07) is 27.2. The smallest absolute Gasteiger partial charge is 0.264 e. The van der Waals surface area contributed by atoms with E-state index in [2.05, 4.69) is 10.5 Å². The number of hydrogen-bond acceptors (Lipinski definition) is 5. The highest BCUT2D eigenvalue weighted by Gasteiger charge is 2.27. The topological polar surface area (TPSA) is 88.1 Å². The number of halogens is 2. The number of hydrazone groups is 1. The van der Waals surface area contributed by atoms with E-state index in [-0.39, 0.29) is 10.6 Å². The average molecular weight is 583 g/mol. The lowest BCUT2D eigenvalue weighted by atomic mass is 10.2. The molecule has 0 aliphatic heterocycles. The molecule has 1 amide bonds.